The molecule has 4 aromatic rings. The second kappa shape index (κ2) is 12.8. The fraction of sp³-hybridized carbons (Fsp3) is 0.429. The van der Waals surface area contributed by atoms with Gasteiger partial charge < -0.3 is 18.9 Å². The minimum Gasteiger partial charge on any atom is -0.487 e. The van der Waals surface area contributed by atoms with E-state index in [1.807, 2.05) is 37.3 Å². The highest BCUT2D eigenvalue weighted by Gasteiger charge is 2.52. The first-order valence-electron chi connectivity index (χ1n) is 15.6. The van der Waals surface area contributed by atoms with E-state index in [9.17, 15) is 18.0 Å². The molecule has 0 saturated heterocycles. The molecule has 0 atom stereocenters. The summed E-state index contributed by atoms with van der Waals surface area (Å²) in [6.45, 7) is 14.5. The second-order valence-corrected chi connectivity index (χ2v) is 18.9. The van der Waals surface area contributed by atoms with E-state index in [-0.39, 0.29) is 45.7 Å². The lowest BCUT2D eigenvalue weighted by molar-refractivity contribution is -0.148. The number of carbonyl (C=O) groups excluding carboxylic acids is 1. The van der Waals surface area contributed by atoms with E-state index < -0.39 is 37.8 Å². The van der Waals surface area contributed by atoms with Gasteiger partial charge in [0.25, 0.3) is 0 Å². The molecule has 0 spiro atoms. The monoisotopic (exact) mass is 687 g/mol. The highest BCUT2D eigenvalue weighted by molar-refractivity contribution is 6.74. The number of alkyl halides is 3. The smallest absolute Gasteiger partial charge is 0.433 e. The lowest BCUT2D eigenvalue weighted by Crippen LogP contribution is -2.54. The molecule has 252 valence electrons. The maximum atomic E-state index is 14.9. The van der Waals surface area contributed by atoms with E-state index in [4.69, 9.17) is 25.5 Å². The zero-order chi connectivity index (χ0) is 34.4. The van der Waals surface area contributed by atoms with Crippen LogP contribution in [0.15, 0.2) is 60.9 Å². The Kier molecular flexibility index (Phi) is 9.48. The molecular formula is C35H41ClF3N3O4Si. The lowest BCUT2D eigenvalue weighted by atomic mass is 9.77. The summed E-state index contributed by atoms with van der Waals surface area (Å²) >= 11 is 6.80. The van der Waals surface area contributed by atoms with Crippen LogP contribution in [0.25, 0.3) is 22.4 Å². The quantitative estimate of drug-likeness (QED) is 0.133. The van der Waals surface area contributed by atoms with Gasteiger partial charge in [-0.25, -0.2) is 4.79 Å². The third-order valence-corrected chi connectivity index (χ3v) is 14.2. The topological polar surface area (TPSA) is 78.4 Å². The molecule has 2 aromatic carbocycles. The maximum absolute atomic E-state index is 14.9. The Labute approximate surface area is 279 Å². The zero-order valence-corrected chi connectivity index (χ0v) is 29.5. The van der Waals surface area contributed by atoms with E-state index >= 15 is 0 Å². The van der Waals surface area contributed by atoms with Crippen molar-refractivity contribution in [1.29, 1.82) is 0 Å². The third kappa shape index (κ3) is 7.03. The first-order chi connectivity index (χ1) is 22.0. The number of esters is 1. The molecule has 47 heavy (non-hydrogen) atoms. The van der Waals surface area contributed by atoms with E-state index in [1.54, 1.807) is 25.1 Å². The summed E-state index contributed by atoms with van der Waals surface area (Å²) in [5.74, 6) is -0.424. The summed E-state index contributed by atoms with van der Waals surface area (Å²) in [6.07, 6.45) is -1.37. The fourth-order valence-corrected chi connectivity index (χ4v) is 7.88. The number of hydrogen-bond acceptors (Lipinski definition) is 5. The van der Waals surface area contributed by atoms with Crippen molar-refractivity contribution in [2.24, 2.45) is 0 Å². The van der Waals surface area contributed by atoms with Gasteiger partial charge in [-0.2, -0.15) is 18.3 Å². The van der Waals surface area contributed by atoms with Crippen molar-refractivity contribution < 1.29 is 31.9 Å². The molecule has 12 heteroatoms. The standard InChI is InChI=1S/C35H41ClF3N3O4Si/c1-8-44-32(43)28-25(24-15-12-16-27(29(24)36)45-21-22-13-10-9-11-14-22)19-40-30(28)26-20-41-42(31(26)35(37,38)39)23-17-34(5,18-23)46-47(6,7)33(2,3)4/h9-16,19-20,23,40H,8,17-18,21H2,1-7H3. The number of H-pyrrole nitrogens is 1. The van der Waals surface area contributed by atoms with Crippen LogP contribution in [0.3, 0.4) is 0 Å². The molecule has 5 rings (SSSR count). The van der Waals surface area contributed by atoms with Crippen LogP contribution in [0, 0.1) is 0 Å². The number of carbonyl (C=O) groups is 1. The van der Waals surface area contributed by atoms with E-state index in [0.29, 0.717) is 24.2 Å². The molecular weight excluding hydrogens is 647 g/mol. The molecule has 1 aliphatic carbocycles. The molecule has 0 amide bonds. The van der Waals surface area contributed by atoms with Gasteiger partial charge in [0.1, 0.15) is 12.4 Å². The van der Waals surface area contributed by atoms with Crippen LogP contribution in [0.1, 0.15) is 75.1 Å². The Balaban J connectivity index is 1.52. The van der Waals surface area contributed by atoms with Crippen LogP contribution in [0.5, 0.6) is 5.75 Å². The summed E-state index contributed by atoms with van der Waals surface area (Å²) < 4.78 is 63.6. The van der Waals surface area contributed by atoms with Crippen molar-refractivity contribution in [3.8, 4) is 28.1 Å². The number of aromatic nitrogens is 3. The Hall–Kier alpha value is -3.54. The van der Waals surface area contributed by atoms with E-state index in [2.05, 4.69) is 43.9 Å². The van der Waals surface area contributed by atoms with Crippen LogP contribution in [-0.2, 0) is 21.9 Å². The Morgan fingerprint density at radius 1 is 1.06 bits per heavy atom. The van der Waals surface area contributed by atoms with Crippen molar-refractivity contribution in [3.05, 3.63) is 82.8 Å². The molecule has 1 aliphatic rings. The predicted molar refractivity (Wildman–Crippen MR) is 179 cm³/mol. The van der Waals surface area contributed by atoms with Crippen LogP contribution in [0.2, 0.25) is 23.2 Å². The molecule has 0 unspecified atom stereocenters. The predicted octanol–water partition coefficient (Wildman–Crippen LogP) is 10.1. The normalized spacial score (nSPS) is 18.6. The Morgan fingerprint density at radius 3 is 2.36 bits per heavy atom. The summed E-state index contributed by atoms with van der Waals surface area (Å²) in [5.41, 5.74) is -0.250. The number of aromatic amines is 1. The number of rotatable bonds is 10. The molecule has 1 N–H and O–H groups in total. The summed E-state index contributed by atoms with van der Waals surface area (Å²) in [7, 11) is -2.16. The van der Waals surface area contributed by atoms with Gasteiger partial charge in [0, 0.05) is 22.9 Å². The fourth-order valence-electron chi connectivity index (χ4n) is 5.90. The van der Waals surface area contributed by atoms with Crippen LogP contribution in [0.4, 0.5) is 13.2 Å². The van der Waals surface area contributed by atoms with Gasteiger partial charge in [-0.3, -0.25) is 4.68 Å². The van der Waals surface area contributed by atoms with Crippen molar-refractivity contribution in [3.63, 3.8) is 0 Å². The lowest BCUT2D eigenvalue weighted by Gasteiger charge is -2.52. The number of ether oxygens (including phenoxy) is 2. The molecule has 0 bridgehead atoms. The molecule has 7 nitrogen and oxygen atoms in total. The van der Waals surface area contributed by atoms with Gasteiger partial charge in [-0.1, -0.05) is 74.8 Å². The first kappa shape index (κ1) is 34.8. The third-order valence-electron chi connectivity index (χ3n) is 9.17. The van der Waals surface area contributed by atoms with Crippen LogP contribution in [-0.4, -0.2) is 41.3 Å². The average molecular weight is 688 g/mol. The van der Waals surface area contributed by atoms with E-state index in [1.165, 1.54) is 6.20 Å². The largest absolute Gasteiger partial charge is 0.487 e. The molecule has 2 heterocycles. The maximum Gasteiger partial charge on any atom is 0.433 e. The molecule has 0 radical (unpaired) electrons. The number of benzene rings is 2. The summed E-state index contributed by atoms with van der Waals surface area (Å²) in [5, 5.41) is 4.41. The van der Waals surface area contributed by atoms with Gasteiger partial charge in [0.05, 0.1) is 40.7 Å². The first-order valence-corrected chi connectivity index (χ1v) is 18.9. The van der Waals surface area contributed by atoms with Crippen molar-refractivity contribution in [2.45, 2.75) is 90.0 Å². The number of nitrogens with zero attached hydrogens (tertiary/aromatic N) is 2. The minimum atomic E-state index is -4.77. The molecule has 0 aliphatic heterocycles. The Bertz CT molecular complexity index is 1740. The number of halogens is 4. The summed E-state index contributed by atoms with van der Waals surface area (Å²) in [6, 6.07) is 14.1. The SMILES string of the molecule is CCOC(=O)c1c(-c2cccc(OCc3ccccc3)c2Cl)c[nH]c1-c1cnn(C2CC(C)(O[Si](C)(C)C(C)(C)C)C2)c1C(F)(F)F. The van der Waals surface area contributed by atoms with Gasteiger partial charge in [0.2, 0.25) is 0 Å². The average Bonchev–Trinajstić information content (AvgIpc) is 3.60. The van der Waals surface area contributed by atoms with Gasteiger partial charge in [0.15, 0.2) is 14.0 Å². The second-order valence-electron chi connectivity index (χ2n) is 13.8. The van der Waals surface area contributed by atoms with Crippen molar-refractivity contribution >= 4 is 25.9 Å². The zero-order valence-electron chi connectivity index (χ0n) is 27.7. The van der Waals surface area contributed by atoms with Crippen molar-refractivity contribution in [2.75, 3.05) is 6.61 Å². The summed E-state index contributed by atoms with van der Waals surface area (Å²) in [4.78, 5) is 16.4. The number of hydrogen-bond donors (Lipinski definition) is 1. The van der Waals surface area contributed by atoms with Crippen LogP contribution >= 0.6 is 11.6 Å². The van der Waals surface area contributed by atoms with Gasteiger partial charge >= 0.3 is 12.1 Å². The molecule has 1 fully saturated rings. The molecule has 1 saturated carbocycles. The number of nitrogens with one attached hydrogen (secondary N) is 1. The van der Waals surface area contributed by atoms with Gasteiger partial charge in [-0.15, -0.1) is 0 Å². The molecule has 2 aromatic heterocycles. The van der Waals surface area contributed by atoms with E-state index in [0.717, 1.165) is 16.4 Å². The van der Waals surface area contributed by atoms with Crippen molar-refractivity contribution in [1.82, 2.24) is 14.8 Å². The van der Waals surface area contributed by atoms with Crippen LogP contribution < -0.4 is 4.74 Å². The minimum absolute atomic E-state index is 0.0249. The highest BCUT2D eigenvalue weighted by Crippen LogP contribution is 2.51. The van der Waals surface area contributed by atoms with Gasteiger partial charge in [-0.05, 0) is 56.5 Å². The Morgan fingerprint density at radius 2 is 1.74 bits per heavy atom. The highest BCUT2D eigenvalue weighted by atomic mass is 35.5.